The summed E-state index contributed by atoms with van der Waals surface area (Å²) in [5, 5.41) is 18.1. The molecule has 5 rings (SSSR count). The van der Waals surface area contributed by atoms with Crippen molar-refractivity contribution in [3.63, 3.8) is 0 Å². The lowest BCUT2D eigenvalue weighted by Crippen LogP contribution is -2.28. The van der Waals surface area contributed by atoms with E-state index in [0.717, 1.165) is 17.7 Å². The Morgan fingerprint density at radius 3 is 2.47 bits per heavy atom. The van der Waals surface area contributed by atoms with Gasteiger partial charge in [-0.05, 0) is 54.4 Å². The maximum absolute atomic E-state index is 13.0. The van der Waals surface area contributed by atoms with Gasteiger partial charge >= 0.3 is 0 Å². The average Bonchev–Trinajstić information content (AvgIpc) is 3.54. The number of carbonyl (C=O) groups excluding carboxylic acids is 2. The normalized spacial score (nSPS) is 12.3. The van der Waals surface area contributed by atoms with Gasteiger partial charge in [-0.3, -0.25) is 19.7 Å². The number of rotatable bonds is 5. The summed E-state index contributed by atoms with van der Waals surface area (Å²) in [4.78, 5) is 42.1. The molecule has 0 unspecified atom stereocenters. The number of nitrogens with one attached hydrogen (secondary N) is 1. The molecule has 1 aliphatic rings. The van der Waals surface area contributed by atoms with Gasteiger partial charge < -0.3 is 10.2 Å². The van der Waals surface area contributed by atoms with Crippen LogP contribution < -0.4 is 10.2 Å². The van der Waals surface area contributed by atoms with Crippen molar-refractivity contribution >= 4 is 28.9 Å². The van der Waals surface area contributed by atoms with Crippen molar-refractivity contribution < 1.29 is 14.5 Å². The molecular weight excluding hydrogens is 436 g/mol. The first kappa shape index (κ1) is 21.0. The Bertz CT molecular complexity index is 1400. The molecule has 1 aliphatic heterocycles. The molecule has 168 valence electrons. The highest BCUT2D eigenvalue weighted by molar-refractivity contribution is 6.08. The summed E-state index contributed by atoms with van der Waals surface area (Å²) in [5.41, 5.74) is 3.07. The number of carbonyl (C=O) groups is 2. The summed E-state index contributed by atoms with van der Waals surface area (Å²) in [6.45, 7) is 0.625. The molecule has 2 heterocycles. The van der Waals surface area contributed by atoms with E-state index < -0.39 is 10.8 Å². The van der Waals surface area contributed by atoms with E-state index in [0.29, 0.717) is 17.8 Å². The van der Waals surface area contributed by atoms with E-state index in [4.69, 9.17) is 0 Å². The van der Waals surface area contributed by atoms with E-state index in [-0.39, 0.29) is 22.8 Å². The summed E-state index contributed by atoms with van der Waals surface area (Å²) >= 11 is 0. The first-order valence-corrected chi connectivity index (χ1v) is 10.5. The molecule has 0 aliphatic carbocycles. The minimum atomic E-state index is -0.579. The molecule has 0 atom stereocenters. The number of fused-ring (bicyclic) bond motifs is 1. The highest BCUT2D eigenvalue weighted by Gasteiger charge is 2.25. The molecule has 10 nitrogen and oxygen atoms in total. The molecule has 1 N–H and O–H groups in total. The van der Waals surface area contributed by atoms with Crippen LogP contribution >= 0.6 is 0 Å². The van der Waals surface area contributed by atoms with E-state index in [1.165, 1.54) is 35.5 Å². The van der Waals surface area contributed by atoms with Crippen LogP contribution in [0.25, 0.3) is 5.69 Å². The quantitative estimate of drug-likeness (QED) is 0.363. The van der Waals surface area contributed by atoms with Gasteiger partial charge in [-0.1, -0.05) is 18.2 Å². The zero-order valence-corrected chi connectivity index (χ0v) is 17.8. The van der Waals surface area contributed by atoms with Gasteiger partial charge in [0.25, 0.3) is 17.5 Å². The SMILES string of the molecule is O=C(Nc1ccc(C(=O)N2CCc3ccccc32)cc1)c1ccc(-n2cncn2)c([N+](=O)[O-])c1. The Kier molecular flexibility index (Phi) is 5.30. The largest absolute Gasteiger partial charge is 0.322 e. The van der Waals surface area contributed by atoms with Crippen molar-refractivity contribution in [2.24, 2.45) is 0 Å². The Morgan fingerprint density at radius 2 is 1.74 bits per heavy atom. The Morgan fingerprint density at radius 1 is 0.971 bits per heavy atom. The summed E-state index contributed by atoms with van der Waals surface area (Å²) in [6, 6.07) is 18.5. The molecular formula is C24H18N6O4. The zero-order chi connectivity index (χ0) is 23.7. The van der Waals surface area contributed by atoms with Crippen molar-refractivity contribution in [3.8, 4) is 5.69 Å². The fourth-order valence-electron chi connectivity index (χ4n) is 3.94. The lowest BCUT2D eigenvalue weighted by Gasteiger charge is -2.17. The number of anilines is 2. The maximum atomic E-state index is 13.0. The first-order valence-electron chi connectivity index (χ1n) is 10.5. The number of hydrogen-bond donors (Lipinski definition) is 1. The number of para-hydroxylation sites is 1. The molecule has 0 saturated heterocycles. The number of nitro benzene ring substituents is 1. The third kappa shape index (κ3) is 3.88. The standard InChI is InChI=1S/C24H18N6O4/c31-23(18-7-10-21(22(13-18)30(33)34)29-15-25-14-26-29)27-19-8-5-17(6-9-19)24(32)28-12-11-16-3-1-2-4-20(16)28/h1-10,13-15H,11-12H2,(H,27,31). The van der Waals surface area contributed by atoms with Gasteiger partial charge in [0.05, 0.1) is 4.92 Å². The molecule has 0 saturated carbocycles. The third-order valence-corrected chi connectivity index (χ3v) is 5.62. The molecule has 10 heteroatoms. The summed E-state index contributed by atoms with van der Waals surface area (Å²) in [7, 11) is 0. The number of hydrogen-bond acceptors (Lipinski definition) is 6. The van der Waals surface area contributed by atoms with E-state index in [9.17, 15) is 19.7 Å². The fourth-order valence-corrected chi connectivity index (χ4v) is 3.94. The summed E-state index contributed by atoms with van der Waals surface area (Å²) in [6.07, 6.45) is 3.42. The van der Waals surface area contributed by atoms with E-state index in [1.54, 1.807) is 29.2 Å². The van der Waals surface area contributed by atoms with Crippen molar-refractivity contribution in [3.05, 3.63) is 106 Å². The Labute approximate surface area is 193 Å². The van der Waals surface area contributed by atoms with Crippen LogP contribution in [0.5, 0.6) is 0 Å². The molecule has 1 aromatic heterocycles. The topological polar surface area (TPSA) is 123 Å². The van der Waals surface area contributed by atoms with Gasteiger partial charge in [0, 0.05) is 35.1 Å². The minimum Gasteiger partial charge on any atom is -0.322 e. The molecule has 0 fully saturated rings. The van der Waals surface area contributed by atoms with Crippen LogP contribution in [0, 0.1) is 10.1 Å². The molecule has 2 amide bonds. The maximum Gasteiger partial charge on any atom is 0.295 e. The predicted octanol–water partition coefficient (Wildman–Crippen LogP) is 3.63. The van der Waals surface area contributed by atoms with Crippen LogP contribution in [0.15, 0.2) is 79.4 Å². The fraction of sp³-hybridized carbons (Fsp3) is 0.0833. The lowest BCUT2D eigenvalue weighted by atomic mass is 10.1. The monoisotopic (exact) mass is 454 g/mol. The number of benzene rings is 3. The molecule has 34 heavy (non-hydrogen) atoms. The van der Waals surface area contributed by atoms with Crippen LogP contribution in [0.4, 0.5) is 17.1 Å². The van der Waals surface area contributed by atoms with Gasteiger partial charge in [-0.15, -0.1) is 0 Å². The highest BCUT2D eigenvalue weighted by Crippen LogP contribution is 2.29. The average molecular weight is 454 g/mol. The molecule has 0 spiro atoms. The van der Waals surface area contributed by atoms with Crippen LogP contribution in [0.1, 0.15) is 26.3 Å². The van der Waals surface area contributed by atoms with Gasteiger partial charge in [0.2, 0.25) is 0 Å². The van der Waals surface area contributed by atoms with Gasteiger partial charge in [-0.25, -0.2) is 9.67 Å². The van der Waals surface area contributed by atoms with E-state index in [2.05, 4.69) is 15.4 Å². The number of nitro groups is 1. The second-order valence-corrected chi connectivity index (χ2v) is 7.67. The van der Waals surface area contributed by atoms with Gasteiger partial charge in [-0.2, -0.15) is 5.10 Å². The Balaban J connectivity index is 1.32. The van der Waals surface area contributed by atoms with Crippen LogP contribution in [-0.4, -0.2) is 38.0 Å². The van der Waals surface area contributed by atoms with Crippen molar-refractivity contribution in [1.82, 2.24) is 14.8 Å². The molecule has 4 aromatic rings. The predicted molar refractivity (Wildman–Crippen MR) is 124 cm³/mol. The van der Waals surface area contributed by atoms with Crippen LogP contribution in [-0.2, 0) is 6.42 Å². The summed E-state index contributed by atoms with van der Waals surface area (Å²) in [5.74, 6) is -0.622. The third-order valence-electron chi connectivity index (χ3n) is 5.62. The molecule has 0 bridgehead atoms. The van der Waals surface area contributed by atoms with Crippen molar-refractivity contribution in [1.29, 1.82) is 0 Å². The van der Waals surface area contributed by atoms with Crippen molar-refractivity contribution in [2.45, 2.75) is 6.42 Å². The number of nitrogens with zero attached hydrogens (tertiary/aromatic N) is 5. The number of amides is 2. The van der Waals surface area contributed by atoms with E-state index in [1.807, 2.05) is 24.3 Å². The smallest absolute Gasteiger partial charge is 0.295 e. The molecule has 0 radical (unpaired) electrons. The summed E-state index contributed by atoms with van der Waals surface area (Å²) < 4.78 is 1.26. The van der Waals surface area contributed by atoms with Gasteiger partial charge in [0.1, 0.15) is 18.3 Å². The zero-order valence-electron chi connectivity index (χ0n) is 17.8. The van der Waals surface area contributed by atoms with Crippen molar-refractivity contribution in [2.75, 3.05) is 16.8 Å². The lowest BCUT2D eigenvalue weighted by molar-refractivity contribution is -0.384. The first-order chi connectivity index (χ1) is 16.5. The number of aromatic nitrogens is 3. The van der Waals surface area contributed by atoms with E-state index >= 15 is 0 Å². The Hall–Kier alpha value is -4.86. The second-order valence-electron chi connectivity index (χ2n) is 7.67. The van der Waals surface area contributed by atoms with Crippen LogP contribution in [0.2, 0.25) is 0 Å². The second kappa shape index (κ2) is 8.58. The molecule has 3 aromatic carbocycles. The van der Waals surface area contributed by atoms with Gasteiger partial charge in [0.15, 0.2) is 0 Å². The minimum absolute atomic E-state index is 0.109. The highest BCUT2D eigenvalue weighted by atomic mass is 16.6. The van der Waals surface area contributed by atoms with Crippen LogP contribution in [0.3, 0.4) is 0 Å².